The van der Waals surface area contributed by atoms with E-state index in [4.69, 9.17) is 0 Å². The Morgan fingerprint density at radius 3 is 2.05 bits per heavy atom. The van der Waals surface area contributed by atoms with Crippen molar-refractivity contribution in [3.8, 4) is 0 Å². The molecule has 0 heterocycles. The van der Waals surface area contributed by atoms with Crippen LogP contribution in [0.25, 0.3) is 0 Å². The van der Waals surface area contributed by atoms with Crippen LogP contribution in [0.5, 0.6) is 0 Å². The third-order valence-electron chi connectivity index (χ3n) is 2.88. The number of benzene rings is 1. The van der Waals surface area contributed by atoms with Crippen molar-refractivity contribution in [2.24, 2.45) is 0 Å². The summed E-state index contributed by atoms with van der Waals surface area (Å²) in [5.74, 6) is -0.213. The topological polar surface area (TPSA) is 43.4 Å². The minimum atomic E-state index is -3.88. The predicted molar refractivity (Wildman–Crippen MR) is 87.8 cm³/mol. The Kier molecular flexibility index (Phi) is 11.7. The number of rotatable bonds is 8. The molecule has 0 aliphatic heterocycles. The van der Waals surface area contributed by atoms with Crippen molar-refractivity contribution in [2.45, 2.75) is 57.3 Å². The van der Waals surface area contributed by atoms with Crippen LogP contribution >= 0.6 is 12.6 Å². The van der Waals surface area contributed by atoms with Gasteiger partial charge in [-0.05, 0) is 30.0 Å². The average molecular weight is 336 g/mol. The molecule has 1 aromatic rings. The van der Waals surface area contributed by atoms with Gasteiger partial charge in [0.25, 0.3) is 10.1 Å². The quantitative estimate of drug-likeness (QED) is 0.544. The van der Waals surface area contributed by atoms with E-state index in [1.165, 1.54) is 12.0 Å². The second-order valence-corrected chi connectivity index (χ2v) is 7.09. The van der Waals surface area contributed by atoms with Crippen molar-refractivity contribution in [2.75, 3.05) is 5.75 Å². The van der Waals surface area contributed by atoms with E-state index in [0.29, 0.717) is 6.42 Å². The number of hydrogen-bond donors (Lipinski definition) is 1. The van der Waals surface area contributed by atoms with E-state index in [1.54, 1.807) is 0 Å². The van der Waals surface area contributed by atoms with E-state index >= 15 is 0 Å². The highest BCUT2D eigenvalue weighted by Crippen LogP contribution is 2.07. The van der Waals surface area contributed by atoms with Gasteiger partial charge in [-0.3, -0.25) is 0 Å². The molecule has 0 fully saturated rings. The van der Waals surface area contributed by atoms with Crippen molar-refractivity contribution in [3.05, 3.63) is 29.8 Å². The van der Waals surface area contributed by atoms with Gasteiger partial charge in [-0.25, -0.2) is 0 Å². The van der Waals surface area contributed by atoms with Crippen LogP contribution < -0.4 is 0 Å². The molecule has 1 aromatic carbocycles. The number of thiol groups is 1. The van der Waals surface area contributed by atoms with E-state index < -0.39 is 10.1 Å². The van der Waals surface area contributed by atoms with Crippen LogP contribution in [0.15, 0.2) is 29.2 Å². The molecule has 0 unspecified atom stereocenters. The second kappa shape index (κ2) is 12.0. The highest BCUT2D eigenvalue weighted by molar-refractivity contribution is 7.86. The zero-order chi connectivity index (χ0) is 16.1. The predicted octanol–water partition coefficient (Wildman–Crippen LogP) is 4.86. The molecule has 0 aromatic heterocycles. The van der Waals surface area contributed by atoms with Gasteiger partial charge in [0.2, 0.25) is 0 Å². The molecule has 122 valence electrons. The molecule has 0 saturated carbocycles. The molecule has 21 heavy (non-hydrogen) atoms. The Bertz CT molecular complexity index is 437. The second-order valence-electron chi connectivity index (χ2n) is 4.93. The highest BCUT2D eigenvalue weighted by atomic mass is 32.2. The molecule has 3 nitrogen and oxygen atoms in total. The molecule has 0 saturated heterocycles. The SMILES string of the molecule is CCCCCCCCS(=O)(=O)OF.Cc1ccc(S)cc1. The van der Waals surface area contributed by atoms with Crippen LogP contribution in [0.1, 0.15) is 51.0 Å². The largest absolute Gasteiger partial charge is 0.297 e. The molecular weight excluding hydrogens is 311 g/mol. The maximum absolute atomic E-state index is 11.3. The number of halogens is 1. The Hall–Kier alpha value is -0.590. The van der Waals surface area contributed by atoms with Gasteiger partial charge in [-0.1, -0.05) is 61.1 Å². The van der Waals surface area contributed by atoms with Gasteiger partial charge in [0.15, 0.2) is 0 Å². The van der Waals surface area contributed by atoms with Gasteiger partial charge < -0.3 is 0 Å². The van der Waals surface area contributed by atoms with Crippen LogP contribution in [0, 0.1) is 6.92 Å². The lowest BCUT2D eigenvalue weighted by Gasteiger charge is -1.99. The maximum Gasteiger partial charge on any atom is 0.297 e. The van der Waals surface area contributed by atoms with Gasteiger partial charge in [-0.15, -0.1) is 12.6 Å². The Balaban J connectivity index is 0.000000423. The number of hydrogen-bond acceptors (Lipinski definition) is 4. The lowest BCUT2D eigenvalue weighted by molar-refractivity contribution is 0.00288. The van der Waals surface area contributed by atoms with Crippen LogP contribution in [-0.2, 0) is 14.5 Å². The summed E-state index contributed by atoms with van der Waals surface area (Å²) >= 11 is 4.13. The fourth-order valence-electron chi connectivity index (χ4n) is 1.64. The van der Waals surface area contributed by atoms with Gasteiger partial charge in [0, 0.05) is 4.90 Å². The molecule has 6 heteroatoms. The van der Waals surface area contributed by atoms with Crippen LogP contribution in [0.4, 0.5) is 4.53 Å². The molecule has 0 bridgehead atoms. The van der Waals surface area contributed by atoms with Crippen LogP contribution in [0.3, 0.4) is 0 Å². The van der Waals surface area contributed by atoms with Crippen molar-refractivity contribution < 1.29 is 17.3 Å². The van der Waals surface area contributed by atoms with Crippen molar-refractivity contribution in [1.82, 2.24) is 0 Å². The Morgan fingerprint density at radius 1 is 1.05 bits per heavy atom. The zero-order valence-electron chi connectivity index (χ0n) is 12.7. The summed E-state index contributed by atoms with van der Waals surface area (Å²) in [6, 6.07) is 8.06. The van der Waals surface area contributed by atoms with Gasteiger partial charge in [0.05, 0.1) is 5.75 Å². The fourth-order valence-corrected chi connectivity index (χ4v) is 2.41. The van der Waals surface area contributed by atoms with Crippen molar-refractivity contribution in [3.63, 3.8) is 0 Å². The van der Waals surface area contributed by atoms with Crippen LogP contribution in [0.2, 0.25) is 0 Å². The average Bonchev–Trinajstić information content (AvgIpc) is 2.46. The summed E-state index contributed by atoms with van der Waals surface area (Å²) < 4.78 is 35.1. The number of aryl methyl sites for hydroxylation is 1. The molecule has 0 atom stereocenters. The Morgan fingerprint density at radius 2 is 1.57 bits per heavy atom. The van der Waals surface area contributed by atoms with Crippen LogP contribution in [-0.4, -0.2) is 14.2 Å². The molecular formula is C15H25FO3S2. The van der Waals surface area contributed by atoms with Crippen molar-refractivity contribution in [1.29, 1.82) is 0 Å². The van der Waals surface area contributed by atoms with E-state index in [2.05, 4.69) is 30.9 Å². The third kappa shape index (κ3) is 12.8. The first-order valence-electron chi connectivity index (χ1n) is 7.20. The first kappa shape index (κ1) is 20.4. The van der Waals surface area contributed by atoms with E-state index in [1.807, 2.05) is 24.3 Å². The molecule has 0 spiro atoms. The minimum absolute atomic E-state index is 0.213. The summed E-state index contributed by atoms with van der Waals surface area (Å²) in [5, 5.41) is 0. The lowest BCUT2D eigenvalue weighted by atomic mass is 10.1. The Labute approximate surface area is 133 Å². The van der Waals surface area contributed by atoms with Gasteiger partial charge >= 0.3 is 0 Å². The summed E-state index contributed by atoms with van der Waals surface area (Å²) in [4.78, 5) is 1.02. The molecule has 0 radical (unpaired) electrons. The summed E-state index contributed by atoms with van der Waals surface area (Å²) in [5.41, 5.74) is 1.28. The smallest absolute Gasteiger partial charge is 0.197 e. The molecule has 0 amide bonds. The van der Waals surface area contributed by atoms with Gasteiger partial charge in [-0.2, -0.15) is 8.42 Å². The third-order valence-corrected chi connectivity index (χ3v) is 4.16. The summed E-state index contributed by atoms with van der Waals surface area (Å²) in [7, 11) is -3.88. The van der Waals surface area contributed by atoms with E-state index in [9.17, 15) is 12.9 Å². The molecule has 0 aliphatic carbocycles. The first-order valence-corrected chi connectivity index (χ1v) is 9.22. The van der Waals surface area contributed by atoms with E-state index in [-0.39, 0.29) is 5.75 Å². The monoisotopic (exact) mass is 336 g/mol. The molecule has 1 rings (SSSR count). The van der Waals surface area contributed by atoms with Crippen molar-refractivity contribution >= 4 is 22.7 Å². The number of unbranched alkanes of at least 4 members (excludes halogenated alkanes) is 5. The van der Waals surface area contributed by atoms with E-state index in [0.717, 1.165) is 30.6 Å². The van der Waals surface area contributed by atoms with Gasteiger partial charge in [0.1, 0.15) is 0 Å². The summed E-state index contributed by atoms with van der Waals surface area (Å²) in [6.07, 6.45) is 5.76. The molecule has 0 aliphatic rings. The maximum atomic E-state index is 11.3. The summed E-state index contributed by atoms with van der Waals surface area (Å²) in [6.45, 7) is 4.18. The normalized spacial score (nSPS) is 10.9. The fraction of sp³-hybridized carbons (Fsp3) is 0.600. The highest BCUT2D eigenvalue weighted by Gasteiger charge is 2.09. The molecule has 0 N–H and O–H groups in total. The minimum Gasteiger partial charge on any atom is -0.197 e. The standard InChI is InChI=1S/C8H17FO3S.C7H8S/c1-2-3-4-5-6-7-8-13(10,11)12-9;1-6-2-4-7(8)5-3-6/h2-8H2,1H3;2-5,8H,1H3. The zero-order valence-corrected chi connectivity index (χ0v) is 14.4. The first-order chi connectivity index (χ1) is 9.91. The lowest BCUT2D eigenvalue weighted by Crippen LogP contribution is -2.05.